The van der Waals surface area contributed by atoms with Crippen LogP contribution in [0, 0.1) is 31.6 Å². The molecule has 1 fully saturated rings. The van der Waals surface area contributed by atoms with Gasteiger partial charge in [0.05, 0.1) is 35.6 Å². The Morgan fingerprint density at radius 2 is 1.91 bits per heavy atom. The second-order valence-corrected chi connectivity index (χ2v) is 12.8. The van der Waals surface area contributed by atoms with Crippen molar-refractivity contribution in [2.45, 2.75) is 106 Å². The van der Waals surface area contributed by atoms with Gasteiger partial charge in [-0.15, -0.1) is 0 Å². The highest BCUT2D eigenvalue weighted by molar-refractivity contribution is 6.33. The molecule has 7 nitrogen and oxygen atoms in total. The van der Waals surface area contributed by atoms with Gasteiger partial charge in [-0.25, -0.2) is 9.98 Å². The molecular formula is C36H50ClN5O2. The largest absolute Gasteiger partial charge is 0.390 e. The molecule has 3 aromatic rings. The Labute approximate surface area is 269 Å². The van der Waals surface area contributed by atoms with Crippen LogP contribution in [0.15, 0.2) is 41.7 Å². The number of aliphatic imine (C=N–C) groups is 1. The van der Waals surface area contributed by atoms with Crippen molar-refractivity contribution in [1.82, 2.24) is 15.0 Å². The summed E-state index contributed by atoms with van der Waals surface area (Å²) in [6.07, 6.45) is 7.80. The van der Waals surface area contributed by atoms with Crippen molar-refractivity contribution in [2.24, 2.45) is 22.7 Å². The first-order chi connectivity index (χ1) is 21.1. The lowest BCUT2D eigenvalue weighted by Crippen LogP contribution is -2.32. The van der Waals surface area contributed by atoms with Gasteiger partial charge in [0.1, 0.15) is 5.82 Å². The Bertz CT molecular complexity index is 1430. The molecule has 2 aliphatic rings. The van der Waals surface area contributed by atoms with Gasteiger partial charge >= 0.3 is 0 Å². The maximum atomic E-state index is 10.8. The number of rotatable bonds is 10. The smallest absolute Gasteiger partial charge is 0.157 e. The third kappa shape index (κ3) is 8.04. The molecule has 1 aliphatic heterocycles. The number of ether oxygens (including phenoxy) is 1. The summed E-state index contributed by atoms with van der Waals surface area (Å²) in [4.78, 5) is 19.1. The Hall–Kier alpha value is -2.87. The number of fused-ring (bicyclic) bond motifs is 1. The van der Waals surface area contributed by atoms with Gasteiger partial charge in [-0.05, 0) is 93.5 Å². The first-order valence-electron chi connectivity index (χ1n) is 16.3. The molecule has 0 saturated carbocycles. The van der Waals surface area contributed by atoms with E-state index in [0.29, 0.717) is 35.1 Å². The predicted octanol–water partition coefficient (Wildman–Crippen LogP) is 8.87. The number of aromatic nitrogens is 3. The van der Waals surface area contributed by atoms with Crippen molar-refractivity contribution in [3.8, 4) is 11.1 Å². The van der Waals surface area contributed by atoms with Gasteiger partial charge in [-0.3, -0.25) is 9.97 Å². The van der Waals surface area contributed by atoms with Crippen molar-refractivity contribution in [1.29, 1.82) is 0 Å². The molecule has 0 radical (unpaired) electrons. The van der Waals surface area contributed by atoms with E-state index in [1.165, 1.54) is 5.56 Å². The van der Waals surface area contributed by atoms with Crippen molar-refractivity contribution < 1.29 is 9.84 Å². The molecule has 44 heavy (non-hydrogen) atoms. The van der Waals surface area contributed by atoms with E-state index in [1.807, 2.05) is 52.2 Å². The minimum Gasteiger partial charge on any atom is -0.390 e. The highest BCUT2D eigenvalue weighted by Gasteiger charge is 2.38. The van der Waals surface area contributed by atoms with Gasteiger partial charge in [-0.1, -0.05) is 58.7 Å². The van der Waals surface area contributed by atoms with Crippen molar-refractivity contribution in [2.75, 3.05) is 11.9 Å². The summed E-state index contributed by atoms with van der Waals surface area (Å²) in [5.41, 5.74) is 7.37. The van der Waals surface area contributed by atoms with Gasteiger partial charge in [0.25, 0.3) is 0 Å². The highest BCUT2D eigenvalue weighted by Crippen LogP contribution is 2.38. The normalized spacial score (nSPS) is 22.6. The van der Waals surface area contributed by atoms with Crippen LogP contribution in [0.3, 0.4) is 0 Å². The first kappa shape index (κ1) is 34.0. The van der Waals surface area contributed by atoms with Gasteiger partial charge < -0.3 is 15.2 Å². The van der Waals surface area contributed by atoms with E-state index in [9.17, 15) is 5.11 Å². The summed E-state index contributed by atoms with van der Waals surface area (Å²) in [5.74, 6) is 2.38. The van der Waals surface area contributed by atoms with Crippen LogP contribution < -0.4 is 5.32 Å². The molecule has 0 amide bonds. The number of anilines is 1. The molecule has 2 N–H and O–H groups in total. The minimum absolute atomic E-state index is 0.0334. The maximum absolute atomic E-state index is 10.8. The lowest BCUT2D eigenvalue weighted by molar-refractivity contribution is -0.0264. The molecule has 6 atom stereocenters. The Balaban J connectivity index is 0.00000216. The Kier molecular flexibility index (Phi) is 11.9. The molecule has 1 saturated heterocycles. The quantitative estimate of drug-likeness (QED) is 0.220. The van der Waals surface area contributed by atoms with Crippen molar-refractivity contribution >= 4 is 28.9 Å². The fraction of sp³-hybridized carbons (Fsp3) is 0.556. The average molecular weight is 620 g/mol. The number of aliphatic hydroxyl groups excluding tert-OH is 1. The second kappa shape index (κ2) is 15.4. The standard InChI is InChI=1S/C34H44ClN5O2.C2H6/c1-7-19(2)12-30(41)32-23(6)27(18-42-32)14-22(5)38-33-20(3)13-28(35)34(40-33)39-29-11-10-24-15-26(17-37-31(24)29)25-9-8-21(4)36-16-25;1-2/h8-9,13,15-17,19,23,27,29-30,32,41H,7,10-12,14,18H2,1-6H3,(H,39,40);1-2H3/t19?,23-,27?,29?,30?,32+;/m1./s1. The predicted molar refractivity (Wildman–Crippen MR) is 182 cm³/mol. The van der Waals surface area contributed by atoms with E-state index >= 15 is 0 Å². The molecule has 3 aromatic heterocycles. The van der Waals surface area contributed by atoms with Crippen molar-refractivity contribution in [3.05, 3.63) is 64.2 Å². The number of aliphatic hydroxyl groups is 1. The highest BCUT2D eigenvalue weighted by atomic mass is 35.5. The van der Waals surface area contributed by atoms with E-state index in [2.05, 4.69) is 50.1 Å². The van der Waals surface area contributed by atoms with Crippen LogP contribution in [0.5, 0.6) is 0 Å². The Morgan fingerprint density at radius 3 is 2.61 bits per heavy atom. The molecular weight excluding hydrogens is 570 g/mol. The number of aryl methyl sites for hydroxylation is 3. The number of halogens is 1. The molecule has 0 spiro atoms. The molecule has 8 heteroatoms. The van der Waals surface area contributed by atoms with Crippen LogP contribution in [-0.2, 0) is 11.2 Å². The molecule has 238 valence electrons. The number of hydrogen-bond donors (Lipinski definition) is 2. The summed E-state index contributed by atoms with van der Waals surface area (Å²) in [6.45, 7) is 17.2. The second-order valence-electron chi connectivity index (χ2n) is 12.4. The summed E-state index contributed by atoms with van der Waals surface area (Å²) in [7, 11) is 0. The topological polar surface area (TPSA) is 92.5 Å². The van der Waals surface area contributed by atoms with Gasteiger partial charge in [0.2, 0.25) is 0 Å². The van der Waals surface area contributed by atoms with Crippen LogP contribution in [0.4, 0.5) is 11.6 Å². The zero-order valence-corrected chi connectivity index (χ0v) is 28.4. The molecule has 1 aliphatic carbocycles. The van der Waals surface area contributed by atoms with Gasteiger partial charge in [0.15, 0.2) is 5.82 Å². The SMILES string of the molecule is CC.CCC(C)CC(O)[C@H]1OCC(CC(C)=Nc2nc(NC3CCc4cc(-c5ccc(C)nc5)cnc43)c(Cl)cc2C)[C@H]1C. The lowest BCUT2D eigenvalue weighted by atomic mass is 9.84. The fourth-order valence-corrected chi connectivity index (χ4v) is 6.45. The average Bonchev–Trinajstić information content (AvgIpc) is 3.59. The lowest BCUT2D eigenvalue weighted by Gasteiger charge is -2.25. The monoisotopic (exact) mass is 619 g/mol. The summed E-state index contributed by atoms with van der Waals surface area (Å²) < 4.78 is 6.08. The molecule has 4 heterocycles. The molecule has 4 unspecified atom stereocenters. The zero-order chi connectivity index (χ0) is 32.0. The number of pyridine rings is 3. The first-order valence-corrected chi connectivity index (χ1v) is 16.7. The van der Waals surface area contributed by atoms with Crippen LogP contribution >= 0.6 is 11.6 Å². The van der Waals surface area contributed by atoms with Crippen LogP contribution in [0.2, 0.25) is 5.02 Å². The van der Waals surface area contributed by atoms with Crippen LogP contribution in [-0.4, -0.2) is 44.6 Å². The van der Waals surface area contributed by atoms with E-state index in [1.54, 1.807) is 0 Å². The van der Waals surface area contributed by atoms with E-state index in [4.69, 9.17) is 31.3 Å². The maximum Gasteiger partial charge on any atom is 0.157 e. The summed E-state index contributed by atoms with van der Waals surface area (Å²) >= 11 is 6.67. The number of nitrogens with zero attached hydrogens (tertiary/aromatic N) is 4. The summed E-state index contributed by atoms with van der Waals surface area (Å²) in [5, 5.41) is 14.9. The Morgan fingerprint density at radius 1 is 1.16 bits per heavy atom. The molecule has 0 bridgehead atoms. The van der Waals surface area contributed by atoms with Crippen molar-refractivity contribution in [3.63, 3.8) is 0 Å². The van der Waals surface area contributed by atoms with Gasteiger partial charge in [-0.2, -0.15) is 0 Å². The third-order valence-electron chi connectivity index (χ3n) is 9.07. The third-order valence-corrected chi connectivity index (χ3v) is 9.36. The fourth-order valence-electron chi connectivity index (χ4n) is 6.19. The van der Waals surface area contributed by atoms with E-state index in [0.717, 1.165) is 65.9 Å². The van der Waals surface area contributed by atoms with E-state index in [-0.39, 0.29) is 18.1 Å². The number of hydrogen-bond acceptors (Lipinski definition) is 7. The zero-order valence-electron chi connectivity index (χ0n) is 27.7. The van der Waals surface area contributed by atoms with Crippen LogP contribution in [0.1, 0.15) is 95.8 Å². The van der Waals surface area contributed by atoms with E-state index < -0.39 is 6.10 Å². The number of nitrogens with one attached hydrogen (secondary N) is 1. The summed E-state index contributed by atoms with van der Waals surface area (Å²) in [6, 6.07) is 8.31. The van der Waals surface area contributed by atoms with Gasteiger partial charge in [0, 0.05) is 34.9 Å². The molecule has 5 rings (SSSR count). The molecule has 0 aromatic carbocycles. The van der Waals surface area contributed by atoms with Crippen LogP contribution in [0.25, 0.3) is 11.1 Å². The minimum atomic E-state index is -0.424.